The Balaban J connectivity index is 2.69. The van der Waals surface area contributed by atoms with Crippen molar-refractivity contribution in [2.75, 3.05) is 5.73 Å². The molecule has 1 aromatic heterocycles. The zero-order valence-electron chi connectivity index (χ0n) is 7.74. The molecule has 2 N–H and O–H groups in total. The summed E-state index contributed by atoms with van der Waals surface area (Å²) in [5.41, 5.74) is 8.09. The molecule has 0 aliphatic rings. The second-order valence-corrected chi connectivity index (χ2v) is 3.48. The number of hydrogen-bond donors (Lipinski definition) is 1. The number of nitrogens with two attached hydrogens (primary N) is 1. The number of nitrogens with zero attached hydrogens (tertiary/aromatic N) is 1. The summed E-state index contributed by atoms with van der Waals surface area (Å²) in [5, 5.41) is 5.06. The van der Waals surface area contributed by atoms with Crippen molar-refractivity contribution in [3.05, 3.63) is 23.9 Å². The average Bonchev–Trinajstić information content (AvgIpc) is 2.46. The van der Waals surface area contributed by atoms with Crippen LogP contribution >= 0.6 is 0 Å². The lowest BCUT2D eigenvalue weighted by Crippen LogP contribution is -1.87. The lowest BCUT2D eigenvalue weighted by atomic mass is 10.1. The quantitative estimate of drug-likeness (QED) is 0.679. The van der Waals surface area contributed by atoms with E-state index >= 15 is 0 Å². The fourth-order valence-electron chi connectivity index (χ4n) is 1.39. The minimum Gasteiger partial charge on any atom is -0.399 e. The fourth-order valence-corrected chi connectivity index (χ4v) is 1.39. The molecule has 2 rings (SSSR count). The van der Waals surface area contributed by atoms with Crippen molar-refractivity contribution in [3.8, 4) is 0 Å². The Bertz CT molecular complexity index is 431. The van der Waals surface area contributed by atoms with Crippen molar-refractivity contribution in [1.82, 2.24) is 5.16 Å². The first kappa shape index (κ1) is 8.10. The van der Waals surface area contributed by atoms with E-state index in [0.29, 0.717) is 11.6 Å². The molecule has 1 heterocycles. The molecule has 0 spiro atoms. The lowest BCUT2D eigenvalue weighted by Gasteiger charge is -1.97. The van der Waals surface area contributed by atoms with E-state index in [9.17, 15) is 0 Å². The Kier molecular flexibility index (Phi) is 1.72. The first-order chi connectivity index (χ1) is 6.18. The first-order valence-electron chi connectivity index (χ1n) is 4.33. The molecule has 0 amide bonds. The molecular weight excluding hydrogens is 164 g/mol. The van der Waals surface area contributed by atoms with Crippen LogP contribution in [-0.4, -0.2) is 5.16 Å². The van der Waals surface area contributed by atoms with Crippen LogP contribution < -0.4 is 5.73 Å². The predicted octanol–water partition coefficient (Wildman–Crippen LogP) is 2.53. The Labute approximate surface area is 76.5 Å². The Morgan fingerprint density at radius 3 is 2.85 bits per heavy atom. The molecule has 0 atom stereocenters. The molecule has 3 heteroatoms. The molecule has 68 valence electrons. The van der Waals surface area contributed by atoms with Crippen LogP contribution in [0.4, 0.5) is 5.69 Å². The topological polar surface area (TPSA) is 52.0 Å². The molecule has 0 bridgehead atoms. The third kappa shape index (κ3) is 1.26. The van der Waals surface area contributed by atoms with E-state index in [1.165, 1.54) is 0 Å². The number of anilines is 1. The summed E-state index contributed by atoms with van der Waals surface area (Å²) < 4.78 is 5.16. The van der Waals surface area contributed by atoms with Crippen LogP contribution in [0.3, 0.4) is 0 Å². The van der Waals surface area contributed by atoms with E-state index in [0.717, 1.165) is 16.7 Å². The van der Waals surface area contributed by atoms with Crippen LogP contribution in [-0.2, 0) is 0 Å². The maximum atomic E-state index is 5.62. The van der Waals surface area contributed by atoms with Crippen molar-refractivity contribution >= 4 is 16.7 Å². The van der Waals surface area contributed by atoms with Gasteiger partial charge in [-0.25, -0.2) is 0 Å². The number of aromatic nitrogens is 1. The summed E-state index contributed by atoms with van der Waals surface area (Å²) in [6.07, 6.45) is 0. The van der Waals surface area contributed by atoms with E-state index in [2.05, 4.69) is 19.0 Å². The lowest BCUT2D eigenvalue weighted by molar-refractivity contribution is 0.441. The largest absolute Gasteiger partial charge is 0.399 e. The Hall–Kier alpha value is -1.51. The zero-order chi connectivity index (χ0) is 9.42. The first-order valence-corrected chi connectivity index (χ1v) is 4.33. The molecule has 0 radical (unpaired) electrons. The summed E-state index contributed by atoms with van der Waals surface area (Å²) in [6.45, 7) is 4.18. The summed E-state index contributed by atoms with van der Waals surface area (Å²) in [4.78, 5) is 0. The minimum absolute atomic E-state index is 0.380. The van der Waals surface area contributed by atoms with E-state index in [1.54, 1.807) is 6.07 Å². The van der Waals surface area contributed by atoms with Gasteiger partial charge in [-0.05, 0) is 18.1 Å². The Morgan fingerprint density at radius 1 is 1.38 bits per heavy atom. The van der Waals surface area contributed by atoms with E-state index < -0.39 is 0 Å². The number of nitrogen functional groups attached to an aromatic ring is 1. The third-order valence-corrected chi connectivity index (χ3v) is 2.07. The second-order valence-electron chi connectivity index (χ2n) is 3.48. The monoisotopic (exact) mass is 176 g/mol. The summed E-state index contributed by atoms with van der Waals surface area (Å²) in [5.74, 6) is 0.380. The molecule has 2 aromatic rings. The molecule has 13 heavy (non-hydrogen) atoms. The van der Waals surface area contributed by atoms with Crippen LogP contribution in [0.1, 0.15) is 25.5 Å². The summed E-state index contributed by atoms with van der Waals surface area (Å²) in [7, 11) is 0. The number of benzene rings is 1. The SMILES string of the molecule is CC(C)c1noc2cc(N)ccc12. The van der Waals surface area contributed by atoms with Gasteiger partial charge in [0.2, 0.25) is 0 Å². The highest BCUT2D eigenvalue weighted by Gasteiger charge is 2.10. The van der Waals surface area contributed by atoms with Crippen LogP contribution in [0.2, 0.25) is 0 Å². The number of hydrogen-bond acceptors (Lipinski definition) is 3. The van der Waals surface area contributed by atoms with Gasteiger partial charge in [-0.15, -0.1) is 0 Å². The smallest absolute Gasteiger partial charge is 0.169 e. The number of fused-ring (bicyclic) bond motifs is 1. The van der Waals surface area contributed by atoms with Gasteiger partial charge in [-0.3, -0.25) is 0 Å². The van der Waals surface area contributed by atoms with Gasteiger partial charge >= 0.3 is 0 Å². The highest BCUT2D eigenvalue weighted by molar-refractivity contribution is 5.82. The predicted molar refractivity (Wildman–Crippen MR) is 52.5 cm³/mol. The van der Waals surface area contributed by atoms with E-state index in [1.807, 2.05) is 12.1 Å². The van der Waals surface area contributed by atoms with Gasteiger partial charge < -0.3 is 10.3 Å². The zero-order valence-corrected chi connectivity index (χ0v) is 7.74. The van der Waals surface area contributed by atoms with Gasteiger partial charge in [-0.1, -0.05) is 19.0 Å². The number of rotatable bonds is 1. The fraction of sp³-hybridized carbons (Fsp3) is 0.300. The minimum atomic E-state index is 0.380. The third-order valence-electron chi connectivity index (χ3n) is 2.07. The van der Waals surface area contributed by atoms with Crippen LogP contribution in [0.15, 0.2) is 22.7 Å². The van der Waals surface area contributed by atoms with Crippen molar-refractivity contribution in [1.29, 1.82) is 0 Å². The van der Waals surface area contributed by atoms with E-state index in [4.69, 9.17) is 10.3 Å². The van der Waals surface area contributed by atoms with Crippen molar-refractivity contribution in [2.45, 2.75) is 19.8 Å². The van der Waals surface area contributed by atoms with Crippen molar-refractivity contribution in [2.24, 2.45) is 0 Å². The maximum absolute atomic E-state index is 5.62. The highest BCUT2D eigenvalue weighted by atomic mass is 16.5. The van der Waals surface area contributed by atoms with Gasteiger partial charge in [0, 0.05) is 17.1 Å². The van der Waals surface area contributed by atoms with Gasteiger partial charge in [0.1, 0.15) is 0 Å². The molecule has 0 unspecified atom stereocenters. The van der Waals surface area contributed by atoms with Gasteiger partial charge in [0.05, 0.1) is 5.69 Å². The average molecular weight is 176 g/mol. The molecule has 0 fully saturated rings. The molecule has 1 aromatic carbocycles. The van der Waals surface area contributed by atoms with Gasteiger partial charge in [0.25, 0.3) is 0 Å². The Morgan fingerprint density at radius 2 is 2.15 bits per heavy atom. The van der Waals surface area contributed by atoms with E-state index in [-0.39, 0.29) is 0 Å². The molecule has 3 nitrogen and oxygen atoms in total. The molecule has 0 saturated carbocycles. The van der Waals surface area contributed by atoms with Crippen molar-refractivity contribution < 1.29 is 4.52 Å². The van der Waals surface area contributed by atoms with Crippen LogP contribution in [0.25, 0.3) is 11.0 Å². The molecule has 0 saturated heterocycles. The summed E-state index contributed by atoms with van der Waals surface area (Å²) in [6, 6.07) is 5.62. The maximum Gasteiger partial charge on any atom is 0.169 e. The highest BCUT2D eigenvalue weighted by Crippen LogP contribution is 2.25. The standard InChI is InChI=1S/C10H12N2O/c1-6(2)10-8-4-3-7(11)5-9(8)13-12-10/h3-6H,11H2,1-2H3. The molecule has 0 aliphatic carbocycles. The van der Waals surface area contributed by atoms with Crippen LogP contribution in [0.5, 0.6) is 0 Å². The van der Waals surface area contributed by atoms with Gasteiger partial charge in [0.15, 0.2) is 5.58 Å². The van der Waals surface area contributed by atoms with Crippen molar-refractivity contribution in [3.63, 3.8) is 0 Å². The van der Waals surface area contributed by atoms with Crippen LogP contribution in [0, 0.1) is 0 Å². The van der Waals surface area contributed by atoms with Gasteiger partial charge in [-0.2, -0.15) is 0 Å². The second kappa shape index (κ2) is 2.76. The normalized spacial score (nSPS) is 11.3. The summed E-state index contributed by atoms with van der Waals surface area (Å²) >= 11 is 0. The molecular formula is C10H12N2O. The molecule has 0 aliphatic heterocycles.